The number of hydrogen-bond acceptors (Lipinski definition) is 3. The van der Waals surface area contributed by atoms with Gasteiger partial charge in [0.25, 0.3) is 0 Å². The van der Waals surface area contributed by atoms with Crippen molar-refractivity contribution in [2.24, 2.45) is 0 Å². The first-order valence-corrected chi connectivity index (χ1v) is 8.16. The quantitative estimate of drug-likeness (QED) is 0.492. The van der Waals surface area contributed by atoms with Gasteiger partial charge in [-0.1, -0.05) is 45.0 Å². The lowest BCUT2D eigenvalue weighted by Crippen LogP contribution is -2.10. The normalized spacial score (nSPS) is 11.4. The number of thioether (sulfide) groups is 1. The second-order valence-electron chi connectivity index (χ2n) is 6.01. The maximum absolute atomic E-state index is 5.84. The Balaban J connectivity index is 1.80. The summed E-state index contributed by atoms with van der Waals surface area (Å²) in [6.45, 7) is 7.34. The van der Waals surface area contributed by atoms with Crippen LogP contribution in [0.25, 0.3) is 0 Å². The third-order valence-electron chi connectivity index (χ3n) is 3.25. The van der Waals surface area contributed by atoms with Gasteiger partial charge in [-0.05, 0) is 35.2 Å². The number of hydrogen-bond donors (Lipinski definition) is 1. The predicted molar refractivity (Wildman–Crippen MR) is 92.2 cm³/mol. The molecule has 0 aliphatic carbocycles. The molecule has 0 saturated heterocycles. The van der Waals surface area contributed by atoms with Gasteiger partial charge in [-0.15, -0.1) is 11.8 Å². The van der Waals surface area contributed by atoms with E-state index in [-0.39, 0.29) is 5.41 Å². The fraction of sp³-hybridized carbons (Fsp3) is 0.333. The number of nitrogen functional groups attached to an aromatic ring is 1. The van der Waals surface area contributed by atoms with E-state index in [2.05, 4.69) is 45.0 Å². The lowest BCUT2D eigenvalue weighted by Gasteiger charge is -2.19. The maximum Gasteiger partial charge on any atom is 0.142 e. The zero-order valence-electron chi connectivity index (χ0n) is 12.9. The van der Waals surface area contributed by atoms with Gasteiger partial charge < -0.3 is 10.5 Å². The van der Waals surface area contributed by atoms with Gasteiger partial charge in [0.1, 0.15) is 5.75 Å². The van der Waals surface area contributed by atoms with Crippen molar-refractivity contribution in [3.05, 3.63) is 54.1 Å². The van der Waals surface area contributed by atoms with Crippen molar-refractivity contribution in [2.45, 2.75) is 31.1 Å². The molecule has 2 N–H and O–H groups in total. The monoisotopic (exact) mass is 301 g/mol. The topological polar surface area (TPSA) is 35.2 Å². The maximum atomic E-state index is 5.84. The minimum absolute atomic E-state index is 0.205. The Morgan fingerprint density at radius 2 is 1.67 bits per heavy atom. The molecule has 2 aromatic carbocycles. The van der Waals surface area contributed by atoms with Gasteiger partial charge in [-0.3, -0.25) is 0 Å². The predicted octanol–water partition coefficient (Wildman–Crippen LogP) is 4.74. The van der Waals surface area contributed by atoms with Crippen LogP contribution in [0.15, 0.2) is 53.4 Å². The van der Waals surface area contributed by atoms with E-state index in [0.717, 1.165) is 11.5 Å². The van der Waals surface area contributed by atoms with Crippen LogP contribution in [0.5, 0.6) is 5.75 Å². The standard InChI is InChI=1S/C18H23NOS/c1-18(2,3)14-8-10-15(11-9-14)21-13-12-20-17-7-5-4-6-16(17)19/h4-11H,12-13,19H2,1-3H3. The van der Waals surface area contributed by atoms with Gasteiger partial charge in [-0.25, -0.2) is 0 Å². The number of rotatable bonds is 5. The highest BCUT2D eigenvalue weighted by Crippen LogP contribution is 2.26. The molecule has 0 amide bonds. The fourth-order valence-electron chi connectivity index (χ4n) is 1.97. The van der Waals surface area contributed by atoms with Crippen molar-refractivity contribution in [1.82, 2.24) is 0 Å². The second kappa shape index (κ2) is 6.90. The molecule has 0 aliphatic rings. The van der Waals surface area contributed by atoms with E-state index in [1.807, 2.05) is 24.3 Å². The summed E-state index contributed by atoms with van der Waals surface area (Å²) in [6, 6.07) is 16.4. The molecule has 2 aromatic rings. The van der Waals surface area contributed by atoms with Gasteiger partial charge >= 0.3 is 0 Å². The number of nitrogens with two attached hydrogens (primary N) is 1. The molecule has 0 radical (unpaired) electrons. The fourth-order valence-corrected chi connectivity index (χ4v) is 2.71. The molecule has 0 atom stereocenters. The molecule has 0 aliphatic heterocycles. The van der Waals surface area contributed by atoms with Crippen molar-refractivity contribution in [2.75, 3.05) is 18.1 Å². The summed E-state index contributed by atoms with van der Waals surface area (Å²) < 4.78 is 5.69. The molecule has 0 saturated carbocycles. The molecule has 0 unspecified atom stereocenters. The van der Waals surface area contributed by atoms with Crippen LogP contribution in [0.2, 0.25) is 0 Å². The summed E-state index contributed by atoms with van der Waals surface area (Å²) in [4.78, 5) is 1.27. The summed E-state index contributed by atoms with van der Waals surface area (Å²) in [5.74, 6) is 1.67. The number of benzene rings is 2. The first-order chi connectivity index (χ1) is 9.97. The Bertz CT molecular complexity index is 573. The first-order valence-electron chi connectivity index (χ1n) is 7.17. The molecule has 2 rings (SSSR count). The van der Waals surface area contributed by atoms with Crippen molar-refractivity contribution >= 4 is 17.4 Å². The Hall–Kier alpha value is -1.61. The van der Waals surface area contributed by atoms with E-state index >= 15 is 0 Å². The summed E-state index contributed by atoms with van der Waals surface area (Å²) in [5, 5.41) is 0. The number of anilines is 1. The van der Waals surface area contributed by atoms with Gasteiger partial charge in [-0.2, -0.15) is 0 Å². The zero-order chi connectivity index (χ0) is 15.3. The SMILES string of the molecule is CC(C)(C)c1ccc(SCCOc2ccccc2N)cc1. The molecule has 3 heteroatoms. The Morgan fingerprint density at radius 3 is 2.29 bits per heavy atom. The highest BCUT2D eigenvalue weighted by Gasteiger charge is 2.12. The Kier molecular flexibility index (Phi) is 5.18. The van der Waals surface area contributed by atoms with Crippen LogP contribution in [0.4, 0.5) is 5.69 Å². The van der Waals surface area contributed by atoms with Crippen molar-refractivity contribution in [1.29, 1.82) is 0 Å². The molecule has 0 spiro atoms. The molecule has 0 heterocycles. The number of para-hydroxylation sites is 2. The number of ether oxygens (including phenoxy) is 1. The molecule has 21 heavy (non-hydrogen) atoms. The van der Waals surface area contributed by atoms with Gasteiger partial charge in [0, 0.05) is 10.6 Å². The van der Waals surface area contributed by atoms with Crippen LogP contribution in [-0.2, 0) is 5.41 Å². The molecular weight excluding hydrogens is 278 g/mol. The zero-order valence-corrected chi connectivity index (χ0v) is 13.7. The van der Waals surface area contributed by atoms with Crippen LogP contribution in [0, 0.1) is 0 Å². The Labute approximate surface area is 131 Å². The van der Waals surface area contributed by atoms with Crippen molar-refractivity contribution in [3.8, 4) is 5.75 Å². The highest BCUT2D eigenvalue weighted by atomic mass is 32.2. The summed E-state index contributed by atoms with van der Waals surface area (Å²) >= 11 is 1.80. The van der Waals surface area contributed by atoms with E-state index < -0.39 is 0 Å². The van der Waals surface area contributed by atoms with Crippen LogP contribution in [-0.4, -0.2) is 12.4 Å². The van der Waals surface area contributed by atoms with Crippen molar-refractivity contribution < 1.29 is 4.74 Å². The lowest BCUT2D eigenvalue weighted by atomic mass is 9.87. The summed E-state index contributed by atoms with van der Waals surface area (Å²) in [7, 11) is 0. The molecule has 0 aromatic heterocycles. The smallest absolute Gasteiger partial charge is 0.142 e. The first kappa shape index (κ1) is 15.8. The minimum Gasteiger partial charge on any atom is -0.491 e. The van der Waals surface area contributed by atoms with Gasteiger partial charge in [0.05, 0.1) is 12.3 Å². The van der Waals surface area contributed by atoms with E-state index in [1.165, 1.54) is 10.5 Å². The van der Waals surface area contributed by atoms with E-state index in [9.17, 15) is 0 Å². The summed E-state index contributed by atoms with van der Waals surface area (Å²) in [6.07, 6.45) is 0. The molecular formula is C18H23NOS. The molecule has 2 nitrogen and oxygen atoms in total. The van der Waals surface area contributed by atoms with E-state index in [0.29, 0.717) is 12.3 Å². The average Bonchev–Trinajstić information content (AvgIpc) is 2.45. The highest BCUT2D eigenvalue weighted by molar-refractivity contribution is 7.99. The van der Waals surface area contributed by atoms with Gasteiger partial charge in [0.15, 0.2) is 0 Å². The van der Waals surface area contributed by atoms with E-state index in [4.69, 9.17) is 10.5 Å². The molecule has 0 fully saturated rings. The van der Waals surface area contributed by atoms with Gasteiger partial charge in [0.2, 0.25) is 0 Å². The molecule has 0 bridgehead atoms. The van der Waals surface area contributed by atoms with Crippen LogP contribution in [0.1, 0.15) is 26.3 Å². The average molecular weight is 301 g/mol. The third-order valence-corrected chi connectivity index (χ3v) is 4.23. The largest absolute Gasteiger partial charge is 0.491 e. The van der Waals surface area contributed by atoms with Crippen LogP contribution < -0.4 is 10.5 Å². The molecule has 112 valence electrons. The minimum atomic E-state index is 0.205. The third kappa shape index (κ3) is 4.71. The Morgan fingerprint density at radius 1 is 1.00 bits per heavy atom. The van der Waals surface area contributed by atoms with Crippen LogP contribution in [0.3, 0.4) is 0 Å². The van der Waals surface area contributed by atoms with Crippen molar-refractivity contribution in [3.63, 3.8) is 0 Å². The lowest BCUT2D eigenvalue weighted by molar-refractivity contribution is 0.346. The van der Waals surface area contributed by atoms with E-state index in [1.54, 1.807) is 11.8 Å². The van der Waals surface area contributed by atoms with Crippen LogP contribution >= 0.6 is 11.8 Å². The second-order valence-corrected chi connectivity index (χ2v) is 7.18. The summed E-state index contributed by atoms with van der Waals surface area (Å²) in [5.41, 5.74) is 8.10.